The number of aryl methyl sites for hydroxylation is 1. The van der Waals surface area contributed by atoms with Crippen LogP contribution in [0.5, 0.6) is 0 Å². The van der Waals surface area contributed by atoms with Crippen molar-refractivity contribution < 1.29 is 9.53 Å². The first-order chi connectivity index (χ1) is 7.63. The third-order valence-corrected chi connectivity index (χ3v) is 3.12. The van der Waals surface area contributed by atoms with Crippen LogP contribution in [-0.4, -0.2) is 17.0 Å². The van der Waals surface area contributed by atoms with Gasteiger partial charge in [-0.3, -0.25) is 9.20 Å². The summed E-state index contributed by atoms with van der Waals surface area (Å²) in [4.78, 5) is 25.3. The Hall–Kier alpha value is -1.62. The molecule has 0 N–H and O–H groups in total. The molecule has 2 aromatic rings. The monoisotopic (exact) mass is 237 g/mol. The van der Waals surface area contributed by atoms with Gasteiger partial charge in [-0.1, -0.05) is 0 Å². The van der Waals surface area contributed by atoms with E-state index in [0.717, 1.165) is 9.71 Å². The van der Waals surface area contributed by atoms with Crippen molar-refractivity contribution in [3.8, 4) is 0 Å². The normalized spacial score (nSPS) is 10.6. The standard InChI is InChI=1S/C11H11NO3S/c1-3-15-11(14)8-4-5-9-12(10(8)13)6-7(2)16-9/h4-6H,3H2,1-2H3. The number of nitrogens with zero attached hydrogens (tertiary/aromatic N) is 1. The molecule has 0 saturated carbocycles. The largest absolute Gasteiger partial charge is 0.462 e. The number of esters is 1. The fraction of sp³-hybridized carbons (Fsp3) is 0.273. The molecule has 0 atom stereocenters. The van der Waals surface area contributed by atoms with Crippen LogP contribution in [0.25, 0.3) is 4.83 Å². The Kier molecular flexibility index (Phi) is 2.78. The second-order valence-electron chi connectivity index (χ2n) is 3.32. The Morgan fingerprint density at radius 1 is 1.50 bits per heavy atom. The summed E-state index contributed by atoms with van der Waals surface area (Å²) in [5.74, 6) is -0.564. The molecular weight excluding hydrogens is 226 g/mol. The highest BCUT2D eigenvalue weighted by molar-refractivity contribution is 7.17. The number of thiazole rings is 1. The highest BCUT2D eigenvalue weighted by atomic mass is 32.1. The third-order valence-electron chi connectivity index (χ3n) is 2.15. The van der Waals surface area contributed by atoms with Crippen LogP contribution in [0.15, 0.2) is 23.1 Å². The molecule has 2 rings (SSSR count). The van der Waals surface area contributed by atoms with Gasteiger partial charge in [-0.2, -0.15) is 0 Å². The van der Waals surface area contributed by atoms with Crippen molar-refractivity contribution in [1.82, 2.24) is 4.40 Å². The van der Waals surface area contributed by atoms with Gasteiger partial charge in [0.2, 0.25) is 0 Å². The molecule has 0 aliphatic carbocycles. The van der Waals surface area contributed by atoms with Crippen molar-refractivity contribution in [1.29, 1.82) is 0 Å². The highest BCUT2D eigenvalue weighted by Gasteiger charge is 2.13. The summed E-state index contributed by atoms with van der Waals surface area (Å²) in [5.41, 5.74) is -0.238. The van der Waals surface area contributed by atoms with E-state index in [4.69, 9.17) is 4.74 Å². The molecule has 0 aliphatic rings. The Morgan fingerprint density at radius 3 is 2.94 bits per heavy atom. The fourth-order valence-corrected chi connectivity index (χ4v) is 2.34. The SMILES string of the molecule is CCOC(=O)c1ccc2sc(C)cn2c1=O. The van der Waals surface area contributed by atoms with Gasteiger partial charge in [0.1, 0.15) is 10.4 Å². The number of pyridine rings is 1. The van der Waals surface area contributed by atoms with Crippen LogP contribution in [0, 0.1) is 6.92 Å². The predicted octanol–water partition coefficient (Wildman–Crippen LogP) is 1.85. The number of hydrogen-bond acceptors (Lipinski definition) is 4. The Balaban J connectivity index is 2.60. The first-order valence-electron chi connectivity index (χ1n) is 4.92. The van der Waals surface area contributed by atoms with E-state index < -0.39 is 5.97 Å². The van der Waals surface area contributed by atoms with Crippen LogP contribution in [0.4, 0.5) is 0 Å². The second kappa shape index (κ2) is 4.09. The van der Waals surface area contributed by atoms with Gasteiger partial charge in [0, 0.05) is 11.1 Å². The molecule has 0 unspecified atom stereocenters. The maximum Gasteiger partial charge on any atom is 0.343 e. The summed E-state index contributed by atoms with van der Waals surface area (Å²) >= 11 is 1.51. The van der Waals surface area contributed by atoms with Gasteiger partial charge in [0.15, 0.2) is 0 Å². The molecule has 0 aromatic carbocycles. The van der Waals surface area contributed by atoms with Crippen LogP contribution in [0.3, 0.4) is 0 Å². The van der Waals surface area contributed by atoms with Gasteiger partial charge in [-0.25, -0.2) is 4.79 Å². The number of hydrogen-bond donors (Lipinski definition) is 0. The summed E-state index contributed by atoms with van der Waals surface area (Å²) in [5, 5.41) is 0. The molecule has 2 heterocycles. The van der Waals surface area contributed by atoms with Crippen molar-refractivity contribution in [3.63, 3.8) is 0 Å². The minimum absolute atomic E-state index is 0.0807. The molecule has 16 heavy (non-hydrogen) atoms. The molecule has 2 aromatic heterocycles. The average Bonchev–Trinajstić information content (AvgIpc) is 2.60. The minimum Gasteiger partial charge on any atom is -0.462 e. The van der Waals surface area contributed by atoms with E-state index in [1.54, 1.807) is 19.2 Å². The lowest BCUT2D eigenvalue weighted by molar-refractivity contribution is 0.0524. The predicted molar refractivity (Wildman–Crippen MR) is 62.2 cm³/mol. The molecule has 0 aliphatic heterocycles. The van der Waals surface area contributed by atoms with E-state index >= 15 is 0 Å². The first kappa shape index (κ1) is 10.9. The van der Waals surface area contributed by atoms with E-state index in [1.807, 2.05) is 6.92 Å². The molecule has 84 valence electrons. The van der Waals surface area contributed by atoms with E-state index in [1.165, 1.54) is 21.8 Å². The Labute approximate surface area is 96.1 Å². The lowest BCUT2D eigenvalue weighted by atomic mass is 10.3. The smallest absolute Gasteiger partial charge is 0.343 e. The molecule has 0 bridgehead atoms. The molecule has 0 fully saturated rings. The van der Waals surface area contributed by atoms with Crippen molar-refractivity contribution in [2.75, 3.05) is 6.61 Å². The molecule has 0 saturated heterocycles. The number of fused-ring (bicyclic) bond motifs is 1. The van der Waals surface area contributed by atoms with E-state index in [-0.39, 0.29) is 17.7 Å². The topological polar surface area (TPSA) is 47.8 Å². The van der Waals surface area contributed by atoms with Crippen LogP contribution >= 0.6 is 11.3 Å². The van der Waals surface area contributed by atoms with Gasteiger partial charge in [0.05, 0.1) is 6.61 Å². The summed E-state index contributed by atoms with van der Waals surface area (Å²) in [6, 6.07) is 3.27. The van der Waals surface area contributed by atoms with E-state index in [2.05, 4.69) is 0 Å². The van der Waals surface area contributed by atoms with Gasteiger partial charge in [0.25, 0.3) is 5.56 Å². The van der Waals surface area contributed by atoms with Crippen LogP contribution in [-0.2, 0) is 4.74 Å². The summed E-state index contributed by atoms with van der Waals surface area (Å²) in [6.07, 6.45) is 1.73. The number of ether oxygens (including phenoxy) is 1. The van der Waals surface area contributed by atoms with Crippen molar-refractivity contribution >= 4 is 22.1 Å². The molecule has 4 nitrogen and oxygen atoms in total. The van der Waals surface area contributed by atoms with Gasteiger partial charge in [-0.15, -0.1) is 11.3 Å². The summed E-state index contributed by atoms with van der Waals surface area (Å²) in [6.45, 7) is 3.90. The van der Waals surface area contributed by atoms with Crippen molar-refractivity contribution in [3.05, 3.63) is 39.1 Å². The quantitative estimate of drug-likeness (QED) is 0.749. The van der Waals surface area contributed by atoms with Gasteiger partial charge in [-0.05, 0) is 26.0 Å². The van der Waals surface area contributed by atoms with E-state index in [0.29, 0.717) is 0 Å². The molecule has 0 spiro atoms. The average molecular weight is 237 g/mol. The number of carbonyl (C=O) groups is 1. The third kappa shape index (κ3) is 1.74. The minimum atomic E-state index is -0.564. The maximum absolute atomic E-state index is 11.9. The van der Waals surface area contributed by atoms with Gasteiger partial charge >= 0.3 is 5.97 Å². The molecule has 5 heteroatoms. The van der Waals surface area contributed by atoms with E-state index in [9.17, 15) is 9.59 Å². The number of aromatic nitrogens is 1. The summed E-state index contributed by atoms with van der Waals surface area (Å²) in [7, 11) is 0. The molecule has 0 radical (unpaired) electrons. The lowest BCUT2D eigenvalue weighted by Crippen LogP contribution is -2.22. The van der Waals surface area contributed by atoms with Crippen molar-refractivity contribution in [2.24, 2.45) is 0 Å². The molecule has 0 amide bonds. The fourth-order valence-electron chi connectivity index (χ4n) is 1.48. The zero-order chi connectivity index (χ0) is 11.7. The van der Waals surface area contributed by atoms with Crippen LogP contribution in [0.1, 0.15) is 22.2 Å². The van der Waals surface area contributed by atoms with Crippen LogP contribution < -0.4 is 5.56 Å². The summed E-state index contributed by atoms with van der Waals surface area (Å²) < 4.78 is 6.29. The van der Waals surface area contributed by atoms with Crippen LogP contribution in [0.2, 0.25) is 0 Å². The lowest BCUT2D eigenvalue weighted by Gasteiger charge is -2.00. The first-order valence-corrected chi connectivity index (χ1v) is 5.74. The number of rotatable bonds is 2. The highest BCUT2D eigenvalue weighted by Crippen LogP contribution is 2.15. The Morgan fingerprint density at radius 2 is 2.25 bits per heavy atom. The maximum atomic E-state index is 11.9. The second-order valence-corrected chi connectivity index (χ2v) is 4.59. The zero-order valence-electron chi connectivity index (χ0n) is 9.02. The number of carbonyl (C=O) groups excluding carboxylic acids is 1. The molecular formula is C11H11NO3S. The van der Waals surface area contributed by atoms with Gasteiger partial charge < -0.3 is 4.74 Å². The zero-order valence-corrected chi connectivity index (χ0v) is 9.84. The van der Waals surface area contributed by atoms with Crippen molar-refractivity contribution in [2.45, 2.75) is 13.8 Å². The Bertz CT molecular complexity index is 597.